The maximum absolute atomic E-state index is 12.7. The largest absolute Gasteiger partial charge is 0.805 e. The fourth-order valence-corrected chi connectivity index (χ4v) is 3.45. The van der Waals surface area contributed by atoms with Crippen LogP contribution in [0.15, 0.2) is 46.3 Å². The molecule has 3 rings (SSSR count). The summed E-state index contributed by atoms with van der Waals surface area (Å²) in [4.78, 5) is 13.4. The zero-order chi connectivity index (χ0) is 16.7. The smallest absolute Gasteiger partial charge is 0.320 e. The molecule has 0 aliphatic carbocycles. The number of hydrogen-bond donors (Lipinski definition) is 0. The van der Waals surface area contributed by atoms with Gasteiger partial charge in [-0.2, -0.15) is 0 Å². The Morgan fingerprint density at radius 1 is 1.09 bits per heavy atom. The van der Waals surface area contributed by atoms with Crippen LogP contribution in [-0.2, 0) is 0 Å². The van der Waals surface area contributed by atoms with Crippen LogP contribution in [0.2, 0.25) is 15.1 Å². The maximum atomic E-state index is 12.7. The van der Waals surface area contributed by atoms with E-state index in [1.165, 1.54) is 23.9 Å². The van der Waals surface area contributed by atoms with Gasteiger partial charge in [-0.3, -0.25) is 0 Å². The van der Waals surface area contributed by atoms with Gasteiger partial charge in [0, 0.05) is 20.9 Å². The fraction of sp³-hybridized carbons (Fsp3) is 0.0667. The third-order valence-electron chi connectivity index (χ3n) is 3.28. The van der Waals surface area contributed by atoms with E-state index in [-0.39, 0.29) is 31.8 Å². The van der Waals surface area contributed by atoms with Gasteiger partial charge in [0.2, 0.25) is 0 Å². The Kier molecular flexibility index (Phi) is 4.47. The molecule has 0 radical (unpaired) electrons. The van der Waals surface area contributed by atoms with Gasteiger partial charge in [0.15, 0.2) is 0 Å². The molecule has 0 fully saturated rings. The van der Waals surface area contributed by atoms with Crippen molar-refractivity contribution in [2.45, 2.75) is 16.8 Å². The lowest BCUT2D eigenvalue weighted by Gasteiger charge is -2.16. The lowest BCUT2D eigenvalue weighted by atomic mass is 10.3. The molecule has 4 nitrogen and oxygen atoms in total. The van der Waals surface area contributed by atoms with E-state index in [0.717, 1.165) is 4.90 Å². The summed E-state index contributed by atoms with van der Waals surface area (Å²) in [5.41, 5.74) is 0.620. The van der Waals surface area contributed by atoms with Crippen LogP contribution in [0.3, 0.4) is 0 Å². The van der Waals surface area contributed by atoms with Gasteiger partial charge >= 0.3 is 5.03 Å². The second kappa shape index (κ2) is 6.24. The normalized spacial score (nSPS) is 11.1. The van der Waals surface area contributed by atoms with E-state index in [4.69, 9.17) is 34.8 Å². The number of rotatable bonds is 2. The standard InChI is InChI=1S/C15H9Cl3N2O2S/c1-8-15(23-10-4-2-9(16)3-5-10)20(22)14-7-12(18)11(17)6-13(14)19(8)21/h2-7H,1H3. The molecule has 0 spiro atoms. The Hall–Kier alpha value is -1.40. The van der Waals surface area contributed by atoms with E-state index in [1.807, 2.05) is 0 Å². The first kappa shape index (κ1) is 16.5. The molecule has 0 amide bonds. The molecule has 1 aromatic heterocycles. The minimum absolute atomic E-state index is 0.163. The first-order chi connectivity index (χ1) is 10.9. The lowest BCUT2D eigenvalue weighted by Crippen LogP contribution is -2.23. The van der Waals surface area contributed by atoms with Crippen LogP contribution in [0.1, 0.15) is 5.69 Å². The molecule has 0 N–H and O–H groups in total. The minimum atomic E-state index is 0.163. The molecular formula is C15H9Cl3N2O2S. The van der Waals surface area contributed by atoms with E-state index in [2.05, 4.69) is 0 Å². The van der Waals surface area contributed by atoms with Crippen LogP contribution in [0.5, 0.6) is 0 Å². The molecule has 0 bridgehead atoms. The van der Waals surface area contributed by atoms with Crippen LogP contribution >= 0.6 is 46.6 Å². The summed E-state index contributed by atoms with van der Waals surface area (Å²) in [5, 5.41) is 13.7. The highest BCUT2D eigenvalue weighted by Gasteiger charge is 2.22. The van der Waals surface area contributed by atoms with Gasteiger partial charge in [0.05, 0.1) is 20.2 Å². The number of hydrogen-bond acceptors (Lipinski definition) is 3. The van der Waals surface area contributed by atoms with Crippen molar-refractivity contribution in [2.24, 2.45) is 0 Å². The molecule has 0 saturated carbocycles. The topological polar surface area (TPSA) is 51.0 Å². The zero-order valence-electron chi connectivity index (χ0n) is 11.7. The van der Waals surface area contributed by atoms with E-state index in [1.54, 1.807) is 31.2 Å². The Balaban J connectivity index is 2.23. The van der Waals surface area contributed by atoms with Crippen molar-refractivity contribution in [3.63, 3.8) is 0 Å². The Morgan fingerprint density at radius 2 is 1.70 bits per heavy atom. The molecule has 23 heavy (non-hydrogen) atoms. The van der Waals surface area contributed by atoms with E-state index in [9.17, 15) is 10.1 Å². The van der Waals surface area contributed by atoms with Crippen molar-refractivity contribution in [3.8, 4) is 0 Å². The van der Waals surface area contributed by atoms with Crippen molar-refractivity contribution < 1.29 is 4.43 Å². The van der Waals surface area contributed by atoms with Gasteiger partial charge in [0.25, 0.3) is 5.52 Å². The van der Waals surface area contributed by atoms with Crippen LogP contribution in [0.4, 0.5) is 0 Å². The summed E-state index contributed by atoms with van der Waals surface area (Å²) in [5.74, 6) is 0. The highest BCUT2D eigenvalue weighted by atomic mass is 35.5. The molecule has 3 aromatic rings. The van der Waals surface area contributed by atoms with E-state index < -0.39 is 0 Å². The Morgan fingerprint density at radius 3 is 2.35 bits per heavy atom. The molecule has 118 valence electrons. The highest BCUT2D eigenvalue weighted by Crippen LogP contribution is 2.32. The molecule has 2 aromatic carbocycles. The molecule has 0 saturated heterocycles. The van der Waals surface area contributed by atoms with Gasteiger partial charge < -0.3 is 9.94 Å². The quantitative estimate of drug-likeness (QED) is 0.559. The average molecular weight is 388 g/mol. The van der Waals surface area contributed by atoms with Gasteiger partial charge in [-0.25, -0.2) is 0 Å². The Bertz CT molecular complexity index is 971. The monoisotopic (exact) mass is 386 g/mol. The van der Waals surface area contributed by atoms with Gasteiger partial charge in [-0.1, -0.05) is 34.8 Å². The van der Waals surface area contributed by atoms with Gasteiger partial charge in [-0.05, 0) is 49.0 Å². The van der Waals surface area contributed by atoms with E-state index in [0.29, 0.717) is 14.2 Å². The molecule has 0 atom stereocenters. The predicted molar refractivity (Wildman–Crippen MR) is 94.4 cm³/mol. The SMILES string of the molecule is Cc1c(Sc2ccc(Cl)cc2)[n+](=O)c2cc(Cl)c(Cl)cc2n1[O-]. The first-order valence-electron chi connectivity index (χ1n) is 6.46. The van der Waals surface area contributed by atoms with Crippen molar-refractivity contribution in [1.82, 2.24) is 4.73 Å². The summed E-state index contributed by atoms with van der Waals surface area (Å²) < 4.78 is 1.38. The number of fused-ring (bicyclic) bond motifs is 1. The third-order valence-corrected chi connectivity index (χ3v) is 5.42. The van der Waals surface area contributed by atoms with Crippen LogP contribution in [0, 0.1) is 17.0 Å². The predicted octanol–water partition coefficient (Wildman–Crippen LogP) is 5.32. The molecular weight excluding hydrogens is 379 g/mol. The number of halogens is 3. The Labute approximate surface area is 150 Å². The zero-order valence-corrected chi connectivity index (χ0v) is 14.8. The molecule has 0 aliphatic rings. The highest BCUT2D eigenvalue weighted by molar-refractivity contribution is 7.99. The summed E-state index contributed by atoms with van der Waals surface area (Å²) in [7, 11) is 0. The first-order valence-corrected chi connectivity index (χ1v) is 8.41. The number of nitrogens with zero attached hydrogens (tertiary/aromatic N) is 2. The summed E-state index contributed by atoms with van der Waals surface area (Å²) in [6.45, 7) is 1.58. The van der Waals surface area contributed by atoms with Crippen molar-refractivity contribution >= 4 is 57.6 Å². The second-order valence-corrected chi connectivity index (χ2v) is 7.10. The second-order valence-electron chi connectivity index (χ2n) is 4.79. The minimum Gasteiger partial charge on any atom is -0.805 e. The van der Waals surface area contributed by atoms with Gasteiger partial charge in [-0.15, -0.1) is 0 Å². The van der Waals surface area contributed by atoms with Crippen molar-refractivity contribution in [3.05, 3.63) is 67.3 Å². The van der Waals surface area contributed by atoms with Crippen LogP contribution < -0.4 is 4.43 Å². The maximum Gasteiger partial charge on any atom is 0.320 e. The van der Waals surface area contributed by atoms with Gasteiger partial charge in [0.1, 0.15) is 5.52 Å². The average Bonchev–Trinajstić information content (AvgIpc) is 2.53. The lowest BCUT2D eigenvalue weighted by molar-refractivity contribution is -0.510. The summed E-state index contributed by atoms with van der Waals surface area (Å²) in [6, 6.07) is 9.78. The molecule has 8 heteroatoms. The van der Waals surface area contributed by atoms with Crippen LogP contribution in [-0.4, -0.2) is 4.73 Å². The number of benzene rings is 2. The fourth-order valence-electron chi connectivity index (χ4n) is 2.10. The summed E-state index contributed by atoms with van der Waals surface area (Å²) in [6.07, 6.45) is 0. The van der Waals surface area contributed by atoms with E-state index >= 15 is 0 Å². The summed E-state index contributed by atoms with van der Waals surface area (Å²) >= 11 is 18.9. The van der Waals surface area contributed by atoms with Crippen molar-refractivity contribution in [2.75, 3.05) is 0 Å². The third kappa shape index (κ3) is 3.02. The molecule has 0 aliphatic heterocycles. The number of aromatic nitrogens is 2. The molecule has 1 heterocycles. The van der Waals surface area contributed by atoms with Crippen LogP contribution in [0.25, 0.3) is 11.0 Å². The van der Waals surface area contributed by atoms with Crippen molar-refractivity contribution in [1.29, 1.82) is 0 Å². The molecule has 0 unspecified atom stereocenters.